The molecular formula is C25H23NO4. The molecule has 1 amide bonds. The Morgan fingerprint density at radius 1 is 0.800 bits per heavy atom. The van der Waals surface area contributed by atoms with E-state index in [1.165, 1.54) is 6.07 Å². The molecule has 1 N–H and O–H groups in total. The summed E-state index contributed by atoms with van der Waals surface area (Å²) in [7, 11) is 0. The first kappa shape index (κ1) is 21.0. The minimum atomic E-state index is -0.720. The lowest BCUT2D eigenvalue weighted by Gasteiger charge is -2.13. The third-order valence-corrected chi connectivity index (χ3v) is 4.70. The number of esters is 1. The van der Waals surface area contributed by atoms with E-state index in [9.17, 15) is 14.4 Å². The van der Waals surface area contributed by atoms with Crippen molar-refractivity contribution in [3.63, 3.8) is 0 Å². The number of benzene rings is 3. The van der Waals surface area contributed by atoms with Crippen LogP contribution in [0.25, 0.3) is 0 Å². The number of ether oxygens (including phenoxy) is 1. The average Bonchev–Trinajstić information content (AvgIpc) is 2.74. The molecule has 5 nitrogen and oxygen atoms in total. The second-order valence-corrected chi connectivity index (χ2v) is 7.14. The molecule has 0 bridgehead atoms. The summed E-state index contributed by atoms with van der Waals surface area (Å²) >= 11 is 0. The molecule has 0 unspecified atom stereocenters. The summed E-state index contributed by atoms with van der Waals surface area (Å²) in [6.07, 6.45) is 0. The topological polar surface area (TPSA) is 72.5 Å². The molecular weight excluding hydrogens is 378 g/mol. The van der Waals surface area contributed by atoms with Gasteiger partial charge in [0.1, 0.15) is 0 Å². The van der Waals surface area contributed by atoms with Gasteiger partial charge in [-0.1, -0.05) is 66.2 Å². The zero-order chi connectivity index (χ0) is 21.7. The van der Waals surface area contributed by atoms with Gasteiger partial charge in [-0.2, -0.15) is 0 Å². The second kappa shape index (κ2) is 9.18. The second-order valence-electron chi connectivity index (χ2n) is 7.14. The van der Waals surface area contributed by atoms with Crippen molar-refractivity contribution in [2.75, 3.05) is 11.9 Å². The number of nitrogens with one attached hydrogen (secondary N) is 1. The van der Waals surface area contributed by atoms with Crippen molar-refractivity contribution in [2.24, 2.45) is 0 Å². The number of hydrogen-bond acceptors (Lipinski definition) is 4. The molecule has 0 aliphatic carbocycles. The van der Waals surface area contributed by atoms with E-state index in [4.69, 9.17) is 4.74 Å². The van der Waals surface area contributed by atoms with E-state index < -0.39 is 18.5 Å². The zero-order valence-electron chi connectivity index (χ0n) is 17.2. The van der Waals surface area contributed by atoms with Crippen molar-refractivity contribution in [2.45, 2.75) is 20.8 Å². The van der Waals surface area contributed by atoms with Gasteiger partial charge in [0.25, 0.3) is 5.91 Å². The molecule has 0 aliphatic heterocycles. The SMILES string of the molecule is Cc1cc(C)c(NC(=O)COC(=O)c2ccccc2C(=O)c2ccccc2)c(C)c1. The Morgan fingerprint density at radius 2 is 1.37 bits per heavy atom. The fraction of sp³-hybridized carbons (Fsp3) is 0.160. The highest BCUT2D eigenvalue weighted by molar-refractivity contribution is 6.14. The van der Waals surface area contributed by atoms with E-state index in [2.05, 4.69) is 5.32 Å². The standard InChI is InChI=1S/C25H23NO4/c1-16-13-17(2)23(18(3)14-16)26-22(27)15-30-25(29)21-12-8-7-11-20(21)24(28)19-9-5-4-6-10-19/h4-14H,15H2,1-3H3,(H,26,27). The summed E-state index contributed by atoms with van der Waals surface area (Å²) in [6, 6.07) is 19.1. The number of rotatable bonds is 6. The molecule has 0 atom stereocenters. The fourth-order valence-electron chi connectivity index (χ4n) is 3.37. The van der Waals surface area contributed by atoms with E-state index in [1.807, 2.05) is 39.0 Å². The van der Waals surface area contributed by atoms with Gasteiger partial charge in [0.2, 0.25) is 0 Å². The van der Waals surface area contributed by atoms with Crippen LogP contribution in [0.3, 0.4) is 0 Å². The highest BCUT2D eigenvalue weighted by atomic mass is 16.5. The normalized spacial score (nSPS) is 10.4. The van der Waals surface area contributed by atoms with Crippen LogP contribution in [0.1, 0.15) is 43.0 Å². The Hall–Kier alpha value is -3.73. The monoisotopic (exact) mass is 401 g/mol. The number of carbonyl (C=O) groups is 3. The minimum absolute atomic E-state index is 0.127. The first-order chi connectivity index (χ1) is 14.4. The molecule has 3 aromatic rings. The average molecular weight is 401 g/mol. The van der Waals surface area contributed by atoms with Crippen LogP contribution in [0.2, 0.25) is 0 Å². The molecule has 0 aliphatic rings. The third kappa shape index (κ3) is 4.81. The van der Waals surface area contributed by atoms with Crippen LogP contribution in [0.5, 0.6) is 0 Å². The Kier molecular flexibility index (Phi) is 6.42. The van der Waals surface area contributed by atoms with E-state index in [0.29, 0.717) is 11.3 Å². The molecule has 0 radical (unpaired) electrons. The summed E-state index contributed by atoms with van der Waals surface area (Å²) in [5, 5.41) is 2.79. The van der Waals surface area contributed by atoms with Gasteiger partial charge in [-0.05, 0) is 38.0 Å². The maximum atomic E-state index is 12.8. The van der Waals surface area contributed by atoms with Gasteiger partial charge in [0, 0.05) is 16.8 Å². The van der Waals surface area contributed by atoms with E-state index in [-0.39, 0.29) is 16.9 Å². The van der Waals surface area contributed by atoms with E-state index >= 15 is 0 Å². The lowest BCUT2D eigenvalue weighted by Crippen LogP contribution is -2.22. The number of amides is 1. The Labute approximate surface area is 175 Å². The summed E-state index contributed by atoms with van der Waals surface area (Å²) in [5.74, 6) is -1.44. The van der Waals surface area contributed by atoms with Gasteiger partial charge in [-0.15, -0.1) is 0 Å². The number of hydrogen-bond donors (Lipinski definition) is 1. The smallest absolute Gasteiger partial charge is 0.339 e. The van der Waals surface area contributed by atoms with Gasteiger partial charge < -0.3 is 10.1 Å². The van der Waals surface area contributed by atoms with Gasteiger partial charge in [0.05, 0.1) is 5.56 Å². The van der Waals surface area contributed by atoms with Crippen molar-refractivity contribution >= 4 is 23.3 Å². The molecule has 5 heteroatoms. The fourth-order valence-corrected chi connectivity index (χ4v) is 3.37. The van der Waals surface area contributed by atoms with E-state index in [1.54, 1.807) is 42.5 Å². The summed E-state index contributed by atoms with van der Waals surface area (Å²) in [5.41, 5.74) is 4.52. The van der Waals surface area contributed by atoms with Gasteiger partial charge >= 0.3 is 5.97 Å². The Morgan fingerprint density at radius 3 is 2.00 bits per heavy atom. The van der Waals surface area contributed by atoms with Crippen LogP contribution in [0.4, 0.5) is 5.69 Å². The van der Waals surface area contributed by atoms with Crippen molar-refractivity contribution in [3.05, 3.63) is 100 Å². The Balaban J connectivity index is 1.70. The number of aryl methyl sites for hydroxylation is 3. The molecule has 152 valence electrons. The van der Waals surface area contributed by atoms with Crippen LogP contribution >= 0.6 is 0 Å². The molecule has 0 heterocycles. The summed E-state index contributed by atoms with van der Waals surface area (Å²) in [6.45, 7) is 5.36. The zero-order valence-corrected chi connectivity index (χ0v) is 17.2. The Bertz CT molecular complexity index is 1080. The van der Waals surface area contributed by atoms with Crippen molar-refractivity contribution in [1.29, 1.82) is 0 Å². The summed E-state index contributed by atoms with van der Waals surface area (Å²) < 4.78 is 5.19. The summed E-state index contributed by atoms with van der Waals surface area (Å²) in [4.78, 5) is 37.7. The predicted octanol–water partition coefficient (Wildman–Crippen LogP) is 4.64. The molecule has 3 rings (SSSR count). The highest BCUT2D eigenvalue weighted by Gasteiger charge is 2.20. The maximum absolute atomic E-state index is 12.8. The van der Waals surface area contributed by atoms with Crippen LogP contribution in [0, 0.1) is 20.8 Å². The minimum Gasteiger partial charge on any atom is -0.452 e. The van der Waals surface area contributed by atoms with Crippen LogP contribution < -0.4 is 5.32 Å². The number of carbonyl (C=O) groups excluding carboxylic acids is 3. The third-order valence-electron chi connectivity index (χ3n) is 4.70. The number of ketones is 1. The maximum Gasteiger partial charge on any atom is 0.339 e. The largest absolute Gasteiger partial charge is 0.452 e. The van der Waals surface area contributed by atoms with Gasteiger partial charge in [-0.3, -0.25) is 9.59 Å². The van der Waals surface area contributed by atoms with Crippen molar-refractivity contribution in [1.82, 2.24) is 0 Å². The predicted molar refractivity (Wildman–Crippen MR) is 116 cm³/mol. The highest BCUT2D eigenvalue weighted by Crippen LogP contribution is 2.22. The van der Waals surface area contributed by atoms with Gasteiger partial charge in [0.15, 0.2) is 12.4 Å². The molecule has 0 saturated heterocycles. The molecule has 0 fully saturated rings. The quantitative estimate of drug-likeness (QED) is 0.482. The van der Waals surface area contributed by atoms with Crippen LogP contribution in [0.15, 0.2) is 66.7 Å². The molecule has 3 aromatic carbocycles. The molecule has 0 saturated carbocycles. The van der Waals surface area contributed by atoms with Crippen LogP contribution in [-0.4, -0.2) is 24.3 Å². The van der Waals surface area contributed by atoms with Crippen molar-refractivity contribution in [3.8, 4) is 0 Å². The molecule has 0 aromatic heterocycles. The first-order valence-corrected chi connectivity index (χ1v) is 9.60. The lowest BCUT2D eigenvalue weighted by atomic mass is 9.98. The van der Waals surface area contributed by atoms with Crippen LogP contribution in [-0.2, 0) is 9.53 Å². The lowest BCUT2D eigenvalue weighted by molar-refractivity contribution is -0.119. The number of anilines is 1. The molecule has 30 heavy (non-hydrogen) atoms. The van der Waals surface area contributed by atoms with E-state index in [0.717, 1.165) is 16.7 Å². The molecule has 0 spiro atoms. The van der Waals surface area contributed by atoms with Gasteiger partial charge in [-0.25, -0.2) is 4.79 Å². The van der Waals surface area contributed by atoms with Crippen molar-refractivity contribution < 1.29 is 19.1 Å². The first-order valence-electron chi connectivity index (χ1n) is 9.60.